The summed E-state index contributed by atoms with van der Waals surface area (Å²) in [6.45, 7) is 1.23. The number of hydrogen-bond donors (Lipinski definition) is 1. The second-order valence-electron chi connectivity index (χ2n) is 5.71. The quantitative estimate of drug-likeness (QED) is 0.921. The van der Waals surface area contributed by atoms with Crippen molar-refractivity contribution in [1.29, 1.82) is 0 Å². The van der Waals surface area contributed by atoms with Gasteiger partial charge in [-0.15, -0.1) is 0 Å². The average Bonchev–Trinajstić information content (AvgIpc) is 2.48. The van der Waals surface area contributed by atoms with E-state index >= 15 is 0 Å². The fraction of sp³-hybridized carbons (Fsp3) is 0.562. The molecule has 1 spiro atoms. The first-order valence-electron chi connectivity index (χ1n) is 7.45. The minimum Gasteiger partial charge on any atom is -0.383 e. The van der Waals surface area contributed by atoms with E-state index in [-0.39, 0.29) is 11.6 Å². The molecule has 108 valence electrons. The molecule has 1 N–H and O–H groups in total. The number of benzene rings is 1. The van der Waals surface area contributed by atoms with Crippen molar-refractivity contribution in [1.82, 2.24) is 4.90 Å². The topological polar surface area (TPSA) is 41.6 Å². The monoisotopic (exact) mass is 274 g/mol. The van der Waals surface area contributed by atoms with Gasteiger partial charge in [0, 0.05) is 19.3 Å². The van der Waals surface area contributed by atoms with Crippen LogP contribution in [0.3, 0.4) is 0 Å². The van der Waals surface area contributed by atoms with Crippen molar-refractivity contribution in [3.63, 3.8) is 0 Å². The van der Waals surface area contributed by atoms with E-state index in [1.165, 1.54) is 19.3 Å². The summed E-state index contributed by atoms with van der Waals surface area (Å²) in [4.78, 5) is 14.8. The van der Waals surface area contributed by atoms with E-state index in [4.69, 9.17) is 4.74 Å². The van der Waals surface area contributed by atoms with Gasteiger partial charge >= 0.3 is 0 Å². The zero-order valence-corrected chi connectivity index (χ0v) is 12.0. The third-order valence-electron chi connectivity index (χ3n) is 4.49. The van der Waals surface area contributed by atoms with Crippen molar-refractivity contribution in [2.75, 3.05) is 25.6 Å². The van der Waals surface area contributed by atoms with Crippen LogP contribution in [0.1, 0.15) is 42.5 Å². The van der Waals surface area contributed by atoms with Crippen LogP contribution in [0.25, 0.3) is 0 Å². The van der Waals surface area contributed by atoms with Gasteiger partial charge in [0.05, 0.1) is 12.2 Å². The van der Waals surface area contributed by atoms with Crippen molar-refractivity contribution in [2.24, 2.45) is 0 Å². The van der Waals surface area contributed by atoms with Gasteiger partial charge in [0.2, 0.25) is 0 Å². The van der Waals surface area contributed by atoms with Gasteiger partial charge < -0.3 is 15.0 Å². The van der Waals surface area contributed by atoms with Crippen molar-refractivity contribution >= 4 is 11.6 Å². The molecule has 1 saturated carbocycles. The van der Waals surface area contributed by atoms with Crippen LogP contribution in [0.2, 0.25) is 0 Å². The van der Waals surface area contributed by atoms with Crippen molar-refractivity contribution in [2.45, 2.75) is 37.8 Å². The number of nitrogens with zero attached hydrogens (tertiary/aromatic N) is 1. The van der Waals surface area contributed by atoms with Gasteiger partial charge in [0.1, 0.15) is 5.66 Å². The van der Waals surface area contributed by atoms with Crippen LogP contribution in [0.4, 0.5) is 5.69 Å². The van der Waals surface area contributed by atoms with E-state index in [0.717, 1.165) is 24.1 Å². The number of anilines is 1. The standard InChI is InChI=1S/C16H22N2O2/c1-20-12-11-18-15(19)13-7-3-4-8-14(13)17-16(18)9-5-2-6-10-16/h3-4,7-8,17H,2,5-6,9-12H2,1H3. The van der Waals surface area contributed by atoms with Gasteiger partial charge in [0.25, 0.3) is 5.91 Å². The Morgan fingerprint density at radius 3 is 2.75 bits per heavy atom. The van der Waals surface area contributed by atoms with E-state index in [9.17, 15) is 4.79 Å². The van der Waals surface area contributed by atoms with E-state index in [0.29, 0.717) is 13.2 Å². The number of carbonyl (C=O) groups excluding carboxylic acids is 1. The second-order valence-corrected chi connectivity index (χ2v) is 5.71. The number of nitrogens with one attached hydrogen (secondary N) is 1. The SMILES string of the molecule is COCCN1C(=O)c2ccccc2NC12CCCCC2. The number of hydrogen-bond acceptors (Lipinski definition) is 3. The van der Waals surface area contributed by atoms with E-state index in [2.05, 4.69) is 5.32 Å². The van der Waals surface area contributed by atoms with Gasteiger partial charge in [-0.25, -0.2) is 0 Å². The summed E-state index contributed by atoms with van der Waals surface area (Å²) >= 11 is 0. The lowest BCUT2D eigenvalue weighted by Gasteiger charge is -2.50. The van der Waals surface area contributed by atoms with Crippen LogP contribution < -0.4 is 5.32 Å². The second kappa shape index (κ2) is 5.44. The highest BCUT2D eigenvalue weighted by molar-refractivity contribution is 6.02. The molecule has 1 fully saturated rings. The summed E-state index contributed by atoms with van der Waals surface area (Å²) in [7, 11) is 1.68. The number of fused-ring (bicyclic) bond motifs is 1. The molecule has 20 heavy (non-hydrogen) atoms. The van der Waals surface area contributed by atoms with Crippen LogP contribution in [0.5, 0.6) is 0 Å². The first-order chi connectivity index (χ1) is 9.77. The molecular weight excluding hydrogens is 252 g/mol. The molecule has 0 aromatic heterocycles. The van der Waals surface area contributed by atoms with Crippen molar-refractivity contribution in [3.05, 3.63) is 29.8 Å². The molecule has 0 bridgehead atoms. The Morgan fingerprint density at radius 1 is 1.25 bits per heavy atom. The highest BCUT2D eigenvalue weighted by Gasteiger charge is 2.44. The highest BCUT2D eigenvalue weighted by atomic mass is 16.5. The van der Waals surface area contributed by atoms with Gasteiger partial charge in [-0.05, 0) is 37.8 Å². The first-order valence-corrected chi connectivity index (χ1v) is 7.45. The molecule has 1 aromatic carbocycles. The summed E-state index contributed by atoms with van der Waals surface area (Å²) in [5.41, 5.74) is 1.55. The lowest BCUT2D eigenvalue weighted by Crippen LogP contribution is -2.61. The largest absolute Gasteiger partial charge is 0.383 e. The van der Waals surface area contributed by atoms with Crippen molar-refractivity contribution < 1.29 is 9.53 Å². The molecule has 1 amide bonds. The van der Waals surface area contributed by atoms with E-state index in [1.807, 2.05) is 29.2 Å². The number of methoxy groups -OCH3 is 1. The molecular formula is C16H22N2O2. The number of amides is 1. The van der Waals surface area contributed by atoms with Gasteiger partial charge in [0.15, 0.2) is 0 Å². The third-order valence-corrected chi connectivity index (χ3v) is 4.49. The summed E-state index contributed by atoms with van der Waals surface area (Å²) in [6, 6.07) is 7.82. The molecule has 1 aliphatic carbocycles. The third kappa shape index (κ3) is 2.18. The van der Waals surface area contributed by atoms with Crippen LogP contribution in [0, 0.1) is 0 Å². The Labute approximate surface area is 120 Å². The van der Waals surface area contributed by atoms with E-state index in [1.54, 1.807) is 7.11 Å². The van der Waals surface area contributed by atoms with E-state index < -0.39 is 0 Å². The number of rotatable bonds is 3. The molecule has 0 atom stereocenters. The van der Waals surface area contributed by atoms with Gasteiger partial charge in [-0.2, -0.15) is 0 Å². The summed E-state index contributed by atoms with van der Waals surface area (Å²) in [5, 5.41) is 3.65. The normalized spacial score (nSPS) is 20.6. The lowest BCUT2D eigenvalue weighted by molar-refractivity contribution is 0.0293. The fourth-order valence-electron chi connectivity index (χ4n) is 3.47. The average molecular weight is 274 g/mol. The molecule has 3 rings (SSSR count). The van der Waals surface area contributed by atoms with Crippen LogP contribution in [0.15, 0.2) is 24.3 Å². The van der Waals surface area contributed by atoms with Gasteiger partial charge in [-0.3, -0.25) is 4.79 Å². The molecule has 1 aliphatic heterocycles. The van der Waals surface area contributed by atoms with Gasteiger partial charge in [-0.1, -0.05) is 18.6 Å². The summed E-state index contributed by atoms with van der Waals surface area (Å²) < 4.78 is 5.19. The van der Waals surface area contributed by atoms with Crippen LogP contribution >= 0.6 is 0 Å². The molecule has 4 nitrogen and oxygen atoms in total. The Hall–Kier alpha value is -1.55. The zero-order chi connectivity index (χ0) is 14.0. The number of ether oxygens (including phenoxy) is 1. The lowest BCUT2D eigenvalue weighted by atomic mass is 9.84. The highest BCUT2D eigenvalue weighted by Crippen LogP contribution is 2.40. The maximum Gasteiger partial charge on any atom is 0.257 e. The fourth-order valence-corrected chi connectivity index (χ4v) is 3.47. The molecule has 1 aromatic rings. The first kappa shape index (κ1) is 13.4. The number of para-hydroxylation sites is 1. The molecule has 4 heteroatoms. The molecule has 0 unspecified atom stereocenters. The minimum atomic E-state index is -0.206. The minimum absolute atomic E-state index is 0.137. The Bertz CT molecular complexity index is 495. The Morgan fingerprint density at radius 2 is 2.00 bits per heavy atom. The predicted molar refractivity (Wildman–Crippen MR) is 78.8 cm³/mol. The predicted octanol–water partition coefficient (Wildman–Crippen LogP) is 2.86. The zero-order valence-electron chi connectivity index (χ0n) is 12.0. The Balaban J connectivity index is 1.97. The maximum absolute atomic E-state index is 12.8. The van der Waals surface area contributed by atoms with Crippen LogP contribution in [-0.4, -0.2) is 36.7 Å². The maximum atomic E-state index is 12.8. The smallest absolute Gasteiger partial charge is 0.257 e. The summed E-state index contributed by atoms with van der Waals surface area (Å²) in [6.07, 6.45) is 5.66. The Kier molecular flexibility index (Phi) is 3.66. The molecule has 0 saturated heterocycles. The van der Waals surface area contributed by atoms with Crippen molar-refractivity contribution in [3.8, 4) is 0 Å². The number of carbonyl (C=O) groups is 1. The van der Waals surface area contributed by atoms with Crippen LogP contribution in [-0.2, 0) is 4.74 Å². The molecule has 0 radical (unpaired) electrons. The summed E-state index contributed by atoms with van der Waals surface area (Å²) in [5.74, 6) is 0.137. The molecule has 1 heterocycles. The molecule has 2 aliphatic rings.